The van der Waals surface area contributed by atoms with Gasteiger partial charge in [0.05, 0.1) is 11.9 Å². The fourth-order valence-electron chi connectivity index (χ4n) is 1.39. The van der Waals surface area contributed by atoms with Crippen LogP contribution in [0.1, 0.15) is 0 Å². The van der Waals surface area contributed by atoms with Crippen molar-refractivity contribution in [3.63, 3.8) is 0 Å². The fourth-order valence-corrected chi connectivity index (χ4v) is 1.39. The molecule has 0 aliphatic carbocycles. The van der Waals surface area contributed by atoms with Crippen LogP contribution in [0.15, 0.2) is 36.8 Å². The first-order valence-corrected chi connectivity index (χ1v) is 5.12. The van der Waals surface area contributed by atoms with Crippen molar-refractivity contribution in [3.8, 4) is 0 Å². The van der Waals surface area contributed by atoms with E-state index < -0.39 is 0 Å². The maximum absolute atomic E-state index is 11.9. The average molecular weight is 231 g/mol. The number of likely N-dealkylation sites (N-methyl/N-ethyl adjacent to an activating group) is 1. The highest BCUT2D eigenvalue weighted by atomic mass is 16.2. The summed E-state index contributed by atoms with van der Waals surface area (Å²) in [6.07, 6.45) is 4.77. The van der Waals surface area contributed by atoms with Crippen molar-refractivity contribution >= 4 is 17.4 Å². The zero-order valence-electron chi connectivity index (χ0n) is 9.45. The minimum absolute atomic E-state index is 0.105. The van der Waals surface area contributed by atoms with Crippen molar-refractivity contribution in [1.29, 1.82) is 0 Å². The summed E-state index contributed by atoms with van der Waals surface area (Å²) in [4.78, 5) is 17.5. The number of aromatic nitrogens is 3. The first-order valence-electron chi connectivity index (χ1n) is 5.12. The van der Waals surface area contributed by atoms with Crippen LogP contribution in [0.25, 0.3) is 0 Å². The third-order valence-electron chi connectivity index (χ3n) is 2.32. The first kappa shape index (κ1) is 11.1. The summed E-state index contributed by atoms with van der Waals surface area (Å²) < 4.78 is 1.50. The lowest BCUT2D eigenvalue weighted by molar-refractivity contribution is -0.119. The Balaban J connectivity index is 2.06. The molecule has 0 aromatic carbocycles. The monoisotopic (exact) mass is 231 g/mol. The molecule has 0 saturated carbocycles. The Morgan fingerprint density at radius 1 is 1.53 bits per heavy atom. The average Bonchev–Trinajstić information content (AvgIpc) is 2.75. The van der Waals surface area contributed by atoms with Crippen LogP contribution in [0.2, 0.25) is 0 Å². The van der Waals surface area contributed by atoms with Gasteiger partial charge in [0.1, 0.15) is 12.4 Å². The van der Waals surface area contributed by atoms with E-state index in [2.05, 4.69) is 10.1 Å². The molecule has 0 saturated heterocycles. The second kappa shape index (κ2) is 4.65. The molecule has 0 fully saturated rings. The minimum atomic E-state index is -0.105. The number of hydrogen-bond donors (Lipinski definition) is 1. The number of carbonyl (C=O) groups excluding carboxylic acids is 1. The predicted octanol–water partition coefficient (Wildman–Crippen LogP) is 0.523. The van der Waals surface area contributed by atoms with Crippen molar-refractivity contribution in [2.45, 2.75) is 6.54 Å². The molecule has 0 aliphatic rings. The van der Waals surface area contributed by atoms with E-state index in [0.717, 1.165) is 0 Å². The molecule has 6 nitrogen and oxygen atoms in total. The second-order valence-electron chi connectivity index (χ2n) is 3.61. The number of nitrogens with two attached hydrogens (primary N) is 1. The zero-order chi connectivity index (χ0) is 12.3. The Morgan fingerprint density at radius 2 is 2.35 bits per heavy atom. The first-order chi connectivity index (χ1) is 8.16. The summed E-state index contributed by atoms with van der Waals surface area (Å²) in [7, 11) is 1.68. The Bertz CT molecular complexity index is 508. The van der Waals surface area contributed by atoms with Crippen LogP contribution in [-0.2, 0) is 11.3 Å². The molecule has 0 radical (unpaired) electrons. The van der Waals surface area contributed by atoms with Gasteiger partial charge in [-0.05, 0) is 12.1 Å². The molecular formula is C11H13N5O. The van der Waals surface area contributed by atoms with Crippen LogP contribution in [0.3, 0.4) is 0 Å². The van der Waals surface area contributed by atoms with E-state index in [-0.39, 0.29) is 12.5 Å². The number of amides is 1. The molecular weight excluding hydrogens is 218 g/mol. The lowest BCUT2D eigenvalue weighted by Gasteiger charge is -2.15. The number of hydrogen-bond acceptors (Lipinski definition) is 4. The third-order valence-corrected chi connectivity index (χ3v) is 2.32. The van der Waals surface area contributed by atoms with Crippen LogP contribution in [0, 0.1) is 0 Å². The molecule has 2 rings (SSSR count). The van der Waals surface area contributed by atoms with E-state index in [1.165, 1.54) is 15.8 Å². The SMILES string of the molecule is CN(C(=O)Cn1cc(N)cn1)c1ccccn1. The number of carbonyl (C=O) groups is 1. The van der Waals surface area contributed by atoms with Crippen molar-refractivity contribution < 1.29 is 4.79 Å². The van der Waals surface area contributed by atoms with Gasteiger partial charge >= 0.3 is 0 Å². The number of rotatable bonds is 3. The molecule has 1 amide bonds. The highest BCUT2D eigenvalue weighted by Crippen LogP contribution is 2.07. The van der Waals surface area contributed by atoms with Crippen LogP contribution in [0.4, 0.5) is 11.5 Å². The summed E-state index contributed by atoms with van der Waals surface area (Å²) in [6, 6.07) is 5.41. The van der Waals surface area contributed by atoms with Gasteiger partial charge in [0.25, 0.3) is 0 Å². The lowest BCUT2D eigenvalue weighted by Crippen LogP contribution is -2.30. The Kier molecular flexibility index (Phi) is 3.04. The van der Waals surface area contributed by atoms with Crippen LogP contribution >= 0.6 is 0 Å². The molecule has 0 bridgehead atoms. The Labute approximate surface area is 98.7 Å². The van der Waals surface area contributed by atoms with Crippen LogP contribution < -0.4 is 10.6 Å². The number of anilines is 2. The van der Waals surface area contributed by atoms with Crippen molar-refractivity contribution in [2.75, 3.05) is 17.7 Å². The van der Waals surface area contributed by atoms with E-state index in [4.69, 9.17) is 5.73 Å². The van der Waals surface area contributed by atoms with Crippen LogP contribution in [-0.4, -0.2) is 27.7 Å². The largest absolute Gasteiger partial charge is 0.396 e. The molecule has 0 aliphatic heterocycles. The highest BCUT2D eigenvalue weighted by Gasteiger charge is 2.12. The van der Waals surface area contributed by atoms with Crippen molar-refractivity contribution in [2.24, 2.45) is 0 Å². The van der Waals surface area contributed by atoms with Gasteiger partial charge in [-0.2, -0.15) is 5.10 Å². The molecule has 0 atom stereocenters. The van der Waals surface area contributed by atoms with Gasteiger partial charge in [0, 0.05) is 19.4 Å². The van der Waals surface area contributed by atoms with Crippen molar-refractivity contribution in [1.82, 2.24) is 14.8 Å². The Morgan fingerprint density at radius 3 is 2.94 bits per heavy atom. The summed E-state index contributed by atoms with van der Waals surface area (Å²) in [5.41, 5.74) is 6.06. The van der Waals surface area contributed by atoms with E-state index in [0.29, 0.717) is 11.5 Å². The third kappa shape index (κ3) is 2.60. The second-order valence-corrected chi connectivity index (χ2v) is 3.61. The lowest BCUT2D eigenvalue weighted by atomic mass is 10.4. The fraction of sp³-hybridized carbons (Fsp3) is 0.182. The summed E-state index contributed by atoms with van der Waals surface area (Å²) in [5, 5.41) is 3.96. The highest BCUT2D eigenvalue weighted by molar-refractivity contribution is 5.91. The van der Waals surface area contributed by atoms with Crippen molar-refractivity contribution in [3.05, 3.63) is 36.8 Å². The van der Waals surface area contributed by atoms with Gasteiger partial charge in [-0.1, -0.05) is 6.07 Å². The maximum Gasteiger partial charge on any atom is 0.249 e. The molecule has 17 heavy (non-hydrogen) atoms. The number of pyridine rings is 1. The van der Waals surface area contributed by atoms with E-state index >= 15 is 0 Å². The quantitative estimate of drug-likeness (QED) is 0.835. The van der Waals surface area contributed by atoms with Gasteiger partial charge < -0.3 is 5.73 Å². The standard InChI is InChI=1S/C11H13N5O/c1-15(10-4-2-3-5-13-10)11(17)8-16-7-9(12)6-14-16/h2-7H,8,12H2,1H3. The minimum Gasteiger partial charge on any atom is -0.396 e. The normalized spacial score (nSPS) is 10.2. The molecule has 88 valence electrons. The molecule has 6 heteroatoms. The molecule has 2 aromatic rings. The maximum atomic E-state index is 11.9. The smallest absolute Gasteiger partial charge is 0.249 e. The molecule has 0 unspecified atom stereocenters. The van der Waals surface area contributed by atoms with E-state index in [1.54, 1.807) is 31.6 Å². The van der Waals surface area contributed by atoms with Gasteiger partial charge in [-0.3, -0.25) is 14.4 Å². The molecule has 2 heterocycles. The number of nitrogens with zero attached hydrogens (tertiary/aromatic N) is 4. The zero-order valence-corrected chi connectivity index (χ0v) is 9.45. The van der Waals surface area contributed by atoms with Gasteiger partial charge in [0.15, 0.2) is 0 Å². The predicted molar refractivity (Wildman–Crippen MR) is 64.3 cm³/mol. The summed E-state index contributed by atoms with van der Waals surface area (Å²) in [5.74, 6) is 0.504. The van der Waals surface area contributed by atoms with Gasteiger partial charge in [-0.25, -0.2) is 4.98 Å². The Hall–Kier alpha value is -2.37. The summed E-state index contributed by atoms with van der Waals surface area (Å²) in [6.45, 7) is 0.143. The molecule has 0 spiro atoms. The van der Waals surface area contributed by atoms with E-state index in [1.807, 2.05) is 6.07 Å². The molecule has 2 aromatic heterocycles. The van der Waals surface area contributed by atoms with Gasteiger partial charge in [0.2, 0.25) is 5.91 Å². The van der Waals surface area contributed by atoms with Crippen LogP contribution in [0.5, 0.6) is 0 Å². The molecule has 2 N–H and O–H groups in total. The van der Waals surface area contributed by atoms with E-state index in [9.17, 15) is 4.79 Å². The number of nitrogen functional groups attached to an aromatic ring is 1. The topological polar surface area (TPSA) is 77.0 Å². The summed E-state index contributed by atoms with van der Waals surface area (Å²) >= 11 is 0. The van der Waals surface area contributed by atoms with Gasteiger partial charge in [-0.15, -0.1) is 0 Å².